The molecule has 2 heterocycles. The molecule has 1 atom stereocenters. The molecule has 1 aromatic rings. The second-order valence-electron chi connectivity index (χ2n) is 5.81. The molecule has 1 fully saturated rings. The number of likely N-dealkylation sites (tertiary alicyclic amines) is 1. The molecule has 0 aromatic carbocycles. The molecule has 3 nitrogen and oxygen atoms in total. The van der Waals surface area contributed by atoms with Crippen LogP contribution >= 0.6 is 0 Å². The number of pyridine rings is 1. The zero-order valence-electron chi connectivity index (χ0n) is 12.8. The molecule has 0 saturated carbocycles. The maximum atomic E-state index is 4.62. The van der Waals surface area contributed by atoms with Gasteiger partial charge >= 0.3 is 0 Å². The van der Waals surface area contributed by atoms with Crippen LogP contribution in [0.15, 0.2) is 18.3 Å². The first kappa shape index (κ1) is 14.3. The van der Waals surface area contributed by atoms with Gasteiger partial charge in [0.1, 0.15) is 5.82 Å². The van der Waals surface area contributed by atoms with Crippen molar-refractivity contribution in [2.45, 2.75) is 52.1 Å². The Morgan fingerprint density at radius 2 is 2.16 bits per heavy atom. The zero-order chi connectivity index (χ0) is 13.8. The Balaban J connectivity index is 2.15. The van der Waals surface area contributed by atoms with Crippen LogP contribution in [0.2, 0.25) is 0 Å². The lowest BCUT2D eigenvalue weighted by Gasteiger charge is -2.38. The fourth-order valence-electron chi connectivity index (χ4n) is 2.91. The lowest BCUT2D eigenvalue weighted by atomic mass is 9.95. The third-order valence-electron chi connectivity index (χ3n) is 4.23. The van der Waals surface area contributed by atoms with Gasteiger partial charge in [-0.2, -0.15) is 0 Å². The van der Waals surface area contributed by atoms with Gasteiger partial charge < -0.3 is 4.90 Å². The predicted octanol–water partition coefficient (Wildman–Crippen LogP) is 3.47. The summed E-state index contributed by atoms with van der Waals surface area (Å²) in [6.07, 6.45) is 6.01. The molecular weight excluding hydrogens is 234 g/mol. The molecule has 19 heavy (non-hydrogen) atoms. The van der Waals surface area contributed by atoms with E-state index in [-0.39, 0.29) is 0 Å². The van der Waals surface area contributed by atoms with Crippen LogP contribution < -0.4 is 4.90 Å². The molecule has 0 N–H and O–H groups in total. The van der Waals surface area contributed by atoms with Crippen LogP contribution in [0.4, 0.5) is 5.82 Å². The standard InChI is InChI=1S/C16H27N3/c1-5-18(4)16-10-9-14(12-17-16)15-8-6-7-11-19(15)13(2)3/h9-10,12-13,15H,5-8,11H2,1-4H3. The molecule has 0 aliphatic carbocycles. The molecule has 1 aliphatic heterocycles. The van der Waals surface area contributed by atoms with E-state index < -0.39 is 0 Å². The molecule has 106 valence electrons. The van der Waals surface area contributed by atoms with Crippen molar-refractivity contribution in [3.63, 3.8) is 0 Å². The Labute approximate surface area is 117 Å². The number of hydrogen-bond donors (Lipinski definition) is 0. The van der Waals surface area contributed by atoms with E-state index in [0.717, 1.165) is 12.4 Å². The van der Waals surface area contributed by atoms with Crippen molar-refractivity contribution >= 4 is 5.82 Å². The Kier molecular flexibility index (Phi) is 4.81. The van der Waals surface area contributed by atoms with Gasteiger partial charge in [0.15, 0.2) is 0 Å². The number of hydrogen-bond acceptors (Lipinski definition) is 3. The quantitative estimate of drug-likeness (QED) is 0.827. The Morgan fingerprint density at radius 1 is 1.37 bits per heavy atom. The van der Waals surface area contributed by atoms with Crippen LogP contribution in [-0.4, -0.2) is 36.1 Å². The highest BCUT2D eigenvalue weighted by molar-refractivity contribution is 5.38. The van der Waals surface area contributed by atoms with Gasteiger partial charge in [0, 0.05) is 31.9 Å². The minimum absolute atomic E-state index is 0.558. The van der Waals surface area contributed by atoms with Crippen molar-refractivity contribution in [2.24, 2.45) is 0 Å². The number of anilines is 1. The fraction of sp³-hybridized carbons (Fsp3) is 0.688. The van der Waals surface area contributed by atoms with E-state index in [2.05, 4.69) is 60.9 Å². The molecule has 0 bridgehead atoms. The average molecular weight is 261 g/mol. The number of aromatic nitrogens is 1. The summed E-state index contributed by atoms with van der Waals surface area (Å²) in [4.78, 5) is 9.40. The van der Waals surface area contributed by atoms with Crippen molar-refractivity contribution in [1.82, 2.24) is 9.88 Å². The molecule has 1 saturated heterocycles. The Bertz CT molecular complexity index is 385. The lowest BCUT2D eigenvalue weighted by Crippen LogP contribution is -2.38. The van der Waals surface area contributed by atoms with Crippen molar-refractivity contribution in [3.8, 4) is 0 Å². The molecule has 1 unspecified atom stereocenters. The molecule has 0 radical (unpaired) electrons. The third-order valence-corrected chi connectivity index (χ3v) is 4.23. The van der Waals surface area contributed by atoms with Crippen molar-refractivity contribution in [3.05, 3.63) is 23.9 Å². The molecule has 2 rings (SSSR count). The summed E-state index contributed by atoms with van der Waals surface area (Å²) in [6.45, 7) is 8.96. The Hall–Kier alpha value is -1.09. The van der Waals surface area contributed by atoms with Gasteiger partial charge in [-0.3, -0.25) is 4.90 Å². The summed E-state index contributed by atoms with van der Waals surface area (Å²) in [7, 11) is 2.09. The second-order valence-corrected chi connectivity index (χ2v) is 5.81. The van der Waals surface area contributed by atoms with Gasteiger partial charge in [-0.05, 0) is 51.8 Å². The SMILES string of the molecule is CCN(C)c1ccc(C2CCCCN2C(C)C)cn1. The van der Waals surface area contributed by atoms with Crippen LogP contribution in [0, 0.1) is 0 Å². The largest absolute Gasteiger partial charge is 0.360 e. The summed E-state index contributed by atoms with van der Waals surface area (Å²) in [6, 6.07) is 5.59. The van der Waals surface area contributed by atoms with E-state index in [1.54, 1.807) is 0 Å². The summed E-state index contributed by atoms with van der Waals surface area (Å²) >= 11 is 0. The summed E-state index contributed by atoms with van der Waals surface area (Å²) in [5.74, 6) is 1.07. The van der Waals surface area contributed by atoms with E-state index in [1.165, 1.54) is 31.4 Å². The maximum absolute atomic E-state index is 4.62. The van der Waals surface area contributed by atoms with Gasteiger partial charge in [-0.25, -0.2) is 4.98 Å². The van der Waals surface area contributed by atoms with E-state index >= 15 is 0 Å². The maximum Gasteiger partial charge on any atom is 0.128 e. The molecule has 0 spiro atoms. The highest BCUT2D eigenvalue weighted by Crippen LogP contribution is 2.32. The third kappa shape index (κ3) is 3.27. The van der Waals surface area contributed by atoms with Gasteiger partial charge in [0.25, 0.3) is 0 Å². The van der Waals surface area contributed by atoms with E-state index in [9.17, 15) is 0 Å². The van der Waals surface area contributed by atoms with Crippen LogP contribution in [-0.2, 0) is 0 Å². The summed E-state index contributed by atoms with van der Waals surface area (Å²) in [5.41, 5.74) is 1.38. The van der Waals surface area contributed by atoms with E-state index in [0.29, 0.717) is 12.1 Å². The molecular formula is C16H27N3. The summed E-state index contributed by atoms with van der Waals surface area (Å²) < 4.78 is 0. The van der Waals surface area contributed by atoms with Crippen molar-refractivity contribution < 1.29 is 0 Å². The normalized spacial score (nSPS) is 20.8. The van der Waals surface area contributed by atoms with Crippen LogP contribution in [0.1, 0.15) is 51.6 Å². The van der Waals surface area contributed by atoms with Crippen molar-refractivity contribution in [2.75, 3.05) is 25.0 Å². The topological polar surface area (TPSA) is 19.4 Å². The lowest BCUT2D eigenvalue weighted by molar-refractivity contribution is 0.112. The van der Waals surface area contributed by atoms with E-state index in [1.807, 2.05) is 0 Å². The highest BCUT2D eigenvalue weighted by atomic mass is 15.2. The average Bonchev–Trinajstić information content (AvgIpc) is 2.46. The van der Waals surface area contributed by atoms with Crippen LogP contribution in [0.25, 0.3) is 0 Å². The zero-order valence-corrected chi connectivity index (χ0v) is 12.8. The molecule has 3 heteroatoms. The highest BCUT2D eigenvalue weighted by Gasteiger charge is 2.25. The molecule has 1 aromatic heterocycles. The minimum atomic E-state index is 0.558. The van der Waals surface area contributed by atoms with Gasteiger partial charge in [0.2, 0.25) is 0 Å². The van der Waals surface area contributed by atoms with Crippen molar-refractivity contribution in [1.29, 1.82) is 0 Å². The first-order valence-electron chi connectivity index (χ1n) is 7.56. The molecule has 0 amide bonds. The summed E-state index contributed by atoms with van der Waals surface area (Å²) in [5, 5.41) is 0. The Morgan fingerprint density at radius 3 is 2.74 bits per heavy atom. The van der Waals surface area contributed by atoms with Gasteiger partial charge in [-0.15, -0.1) is 0 Å². The minimum Gasteiger partial charge on any atom is -0.360 e. The van der Waals surface area contributed by atoms with Crippen LogP contribution in [0.5, 0.6) is 0 Å². The fourth-order valence-corrected chi connectivity index (χ4v) is 2.91. The van der Waals surface area contributed by atoms with Crippen LogP contribution in [0.3, 0.4) is 0 Å². The second kappa shape index (κ2) is 6.38. The number of rotatable bonds is 4. The predicted molar refractivity (Wildman–Crippen MR) is 81.6 cm³/mol. The number of nitrogens with zero attached hydrogens (tertiary/aromatic N) is 3. The van der Waals surface area contributed by atoms with Gasteiger partial charge in [-0.1, -0.05) is 12.5 Å². The number of piperidine rings is 1. The van der Waals surface area contributed by atoms with Gasteiger partial charge in [0.05, 0.1) is 0 Å². The molecule has 1 aliphatic rings. The smallest absolute Gasteiger partial charge is 0.128 e. The first-order valence-corrected chi connectivity index (χ1v) is 7.56. The van der Waals surface area contributed by atoms with E-state index in [4.69, 9.17) is 0 Å². The first-order chi connectivity index (χ1) is 9.13. The monoisotopic (exact) mass is 261 g/mol.